The maximum absolute atomic E-state index is 9.37. The molecule has 0 radical (unpaired) electrons. The molecule has 2 aromatic heterocycles. The minimum atomic E-state index is 0.176. The molecular formula is C14H11N5O. The molecule has 0 aliphatic carbocycles. The van der Waals surface area contributed by atoms with Gasteiger partial charge >= 0.3 is 0 Å². The zero-order valence-electron chi connectivity index (χ0n) is 11.0. The second-order valence-corrected chi connectivity index (χ2v) is 3.81. The van der Waals surface area contributed by atoms with E-state index in [0.717, 1.165) is 0 Å². The van der Waals surface area contributed by atoms with Crippen LogP contribution in [-0.4, -0.2) is 24.1 Å². The molecule has 0 amide bonds. The van der Waals surface area contributed by atoms with Crippen molar-refractivity contribution in [2.45, 2.75) is 0 Å². The van der Waals surface area contributed by atoms with Gasteiger partial charge in [-0.2, -0.15) is 15.5 Å². The molecule has 0 spiro atoms. The van der Waals surface area contributed by atoms with Gasteiger partial charge in [0.15, 0.2) is 0 Å². The second-order valence-electron chi connectivity index (χ2n) is 3.81. The van der Waals surface area contributed by atoms with Crippen LogP contribution in [-0.2, 0) is 0 Å². The molecule has 20 heavy (non-hydrogen) atoms. The minimum absolute atomic E-state index is 0.176. The van der Waals surface area contributed by atoms with Crippen molar-refractivity contribution in [3.8, 4) is 29.1 Å². The summed E-state index contributed by atoms with van der Waals surface area (Å²) in [5, 5.41) is 21.6. The third-order valence-corrected chi connectivity index (χ3v) is 2.77. The van der Waals surface area contributed by atoms with Crippen molar-refractivity contribution in [2.24, 2.45) is 0 Å². The van der Waals surface area contributed by atoms with E-state index in [-0.39, 0.29) is 17.0 Å². The van der Waals surface area contributed by atoms with E-state index in [1.165, 1.54) is 7.11 Å². The number of ether oxygens (including phenoxy) is 1. The SMILES string of the molecule is CNc1nc(OC)c(C#N)c(-c2cccnc2)c1C#N. The van der Waals surface area contributed by atoms with Gasteiger partial charge < -0.3 is 10.1 Å². The first kappa shape index (κ1) is 13.3. The average molecular weight is 265 g/mol. The lowest BCUT2D eigenvalue weighted by molar-refractivity contribution is 0.397. The molecule has 2 heterocycles. The minimum Gasteiger partial charge on any atom is -0.480 e. The number of anilines is 1. The smallest absolute Gasteiger partial charge is 0.234 e. The van der Waals surface area contributed by atoms with Gasteiger partial charge in [0.1, 0.15) is 29.1 Å². The quantitative estimate of drug-likeness (QED) is 0.911. The highest BCUT2D eigenvalue weighted by molar-refractivity contribution is 5.82. The van der Waals surface area contributed by atoms with Gasteiger partial charge in [-0.3, -0.25) is 4.98 Å². The number of rotatable bonds is 3. The number of methoxy groups -OCH3 is 1. The molecule has 0 saturated heterocycles. The van der Waals surface area contributed by atoms with Gasteiger partial charge in [-0.25, -0.2) is 0 Å². The second kappa shape index (κ2) is 5.68. The average Bonchev–Trinajstić information content (AvgIpc) is 2.53. The Labute approximate surface area is 116 Å². The lowest BCUT2D eigenvalue weighted by Gasteiger charge is -2.13. The first-order valence-corrected chi connectivity index (χ1v) is 5.77. The highest BCUT2D eigenvalue weighted by Gasteiger charge is 2.21. The van der Waals surface area contributed by atoms with E-state index in [1.54, 1.807) is 31.6 Å². The van der Waals surface area contributed by atoms with Crippen molar-refractivity contribution in [3.05, 3.63) is 35.7 Å². The molecule has 0 atom stereocenters. The number of nitriles is 2. The highest BCUT2D eigenvalue weighted by Crippen LogP contribution is 2.35. The fourth-order valence-corrected chi connectivity index (χ4v) is 1.90. The van der Waals surface area contributed by atoms with Crippen molar-refractivity contribution < 1.29 is 4.74 Å². The Balaban J connectivity index is 2.89. The summed E-state index contributed by atoms with van der Waals surface area (Å²) in [5.41, 5.74) is 1.64. The van der Waals surface area contributed by atoms with Gasteiger partial charge in [-0.05, 0) is 6.07 Å². The number of aromatic nitrogens is 2. The summed E-state index contributed by atoms with van der Waals surface area (Å²) in [6.45, 7) is 0. The first-order chi connectivity index (χ1) is 9.76. The molecule has 0 fully saturated rings. The fraction of sp³-hybridized carbons (Fsp3) is 0.143. The Kier molecular flexibility index (Phi) is 3.78. The highest BCUT2D eigenvalue weighted by atomic mass is 16.5. The van der Waals surface area contributed by atoms with Crippen LogP contribution in [0.2, 0.25) is 0 Å². The third-order valence-electron chi connectivity index (χ3n) is 2.77. The number of pyridine rings is 2. The van der Waals surface area contributed by atoms with Crippen LogP contribution in [0.1, 0.15) is 11.1 Å². The molecular weight excluding hydrogens is 254 g/mol. The van der Waals surface area contributed by atoms with Crippen molar-refractivity contribution in [1.82, 2.24) is 9.97 Å². The summed E-state index contributed by atoms with van der Waals surface area (Å²) >= 11 is 0. The van der Waals surface area contributed by atoms with Crippen LogP contribution in [0.3, 0.4) is 0 Å². The van der Waals surface area contributed by atoms with Crippen LogP contribution in [0.25, 0.3) is 11.1 Å². The van der Waals surface area contributed by atoms with Gasteiger partial charge in [-0.15, -0.1) is 0 Å². The fourth-order valence-electron chi connectivity index (χ4n) is 1.90. The zero-order valence-corrected chi connectivity index (χ0v) is 11.0. The Bertz CT molecular complexity index is 673. The Morgan fingerprint density at radius 2 is 2.00 bits per heavy atom. The van der Waals surface area contributed by atoms with Crippen molar-refractivity contribution >= 4 is 5.82 Å². The van der Waals surface area contributed by atoms with Crippen molar-refractivity contribution in [1.29, 1.82) is 10.5 Å². The van der Waals surface area contributed by atoms with E-state index < -0.39 is 0 Å². The van der Waals surface area contributed by atoms with E-state index in [2.05, 4.69) is 21.4 Å². The van der Waals surface area contributed by atoms with Gasteiger partial charge in [0.25, 0.3) is 0 Å². The van der Waals surface area contributed by atoms with E-state index in [1.807, 2.05) is 6.07 Å². The largest absolute Gasteiger partial charge is 0.480 e. The number of nitrogens with zero attached hydrogens (tertiary/aromatic N) is 4. The van der Waals surface area contributed by atoms with Gasteiger partial charge in [-0.1, -0.05) is 6.07 Å². The normalized spacial score (nSPS) is 9.40. The summed E-state index contributed by atoms with van der Waals surface area (Å²) in [6.07, 6.45) is 3.22. The van der Waals surface area contributed by atoms with Gasteiger partial charge in [0.2, 0.25) is 5.88 Å². The van der Waals surface area contributed by atoms with Crippen LogP contribution < -0.4 is 10.1 Å². The molecule has 2 rings (SSSR count). The Morgan fingerprint density at radius 1 is 1.25 bits per heavy atom. The van der Waals surface area contributed by atoms with E-state index in [9.17, 15) is 10.5 Å². The van der Waals surface area contributed by atoms with E-state index in [4.69, 9.17) is 4.74 Å². The lowest BCUT2D eigenvalue weighted by atomic mass is 9.97. The molecule has 6 nitrogen and oxygen atoms in total. The number of nitrogens with one attached hydrogen (secondary N) is 1. The molecule has 1 N–H and O–H groups in total. The summed E-state index contributed by atoms with van der Waals surface area (Å²) < 4.78 is 5.14. The number of hydrogen-bond donors (Lipinski definition) is 1. The molecule has 0 bridgehead atoms. The topological polar surface area (TPSA) is 94.6 Å². The van der Waals surface area contributed by atoms with Crippen LogP contribution >= 0.6 is 0 Å². The zero-order chi connectivity index (χ0) is 14.5. The van der Waals surface area contributed by atoms with Crippen LogP contribution in [0.15, 0.2) is 24.5 Å². The van der Waals surface area contributed by atoms with E-state index >= 15 is 0 Å². The number of hydrogen-bond acceptors (Lipinski definition) is 6. The van der Waals surface area contributed by atoms with E-state index in [0.29, 0.717) is 16.9 Å². The summed E-state index contributed by atoms with van der Waals surface area (Å²) in [7, 11) is 3.09. The van der Waals surface area contributed by atoms with Crippen molar-refractivity contribution in [3.63, 3.8) is 0 Å². The van der Waals surface area contributed by atoms with Crippen LogP contribution in [0.5, 0.6) is 5.88 Å². The predicted molar refractivity (Wildman–Crippen MR) is 73.0 cm³/mol. The van der Waals surface area contributed by atoms with Crippen molar-refractivity contribution in [2.75, 3.05) is 19.5 Å². The summed E-state index contributed by atoms with van der Waals surface area (Å²) in [6, 6.07) is 7.65. The Hall–Kier alpha value is -3.12. The van der Waals surface area contributed by atoms with Gasteiger partial charge in [0, 0.05) is 30.6 Å². The predicted octanol–water partition coefficient (Wildman–Crippen LogP) is 1.94. The maximum atomic E-state index is 9.37. The molecule has 98 valence electrons. The third kappa shape index (κ3) is 2.11. The maximum Gasteiger partial charge on any atom is 0.234 e. The molecule has 0 aromatic carbocycles. The molecule has 0 unspecified atom stereocenters. The standard InChI is InChI=1S/C14H11N5O/c1-17-13-10(6-15)12(9-4-3-5-18-8-9)11(7-16)14(19-13)20-2/h3-5,8H,1-2H3,(H,17,19). The molecule has 0 aliphatic rings. The molecule has 0 saturated carbocycles. The van der Waals surface area contributed by atoms with Gasteiger partial charge in [0.05, 0.1) is 7.11 Å². The molecule has 2 aromatic rings. The summed E-state index contributed by atoms with van der Waals surface area (Å²) in [5.74, 6) is 0.539. The molecule has 6 heteroatoms. The first-order valence-electron chi connectivity index (χ1n) is 5.77. The monoisotopic (exact) mass is 265 g/mol. The molecule has 0 aliphatic heterocycles. The Morgan fingerprint density at radius 3 is 2.50 bits per heavy atom. The van der Waals surface area contributed by atoms with Crippen LogP contribution in [0, 0.1) is 22.7 Å². The lowest BCUT2D eigenvalue weighted by Crippen LogP contribution is -2.04. The van der Waals surface area contributed by atoms with Crippen LogP contribution in [0.4, 0.5) is 5.82 Å². The summed E-state index contributed by atoms with van der Waals surface area (Å²) in [4.78, 5) is 8.16.